The molecule has 0 N–H and O–H groups in total. The van der Waals surface area contributed by atoms with Crippen molar-refractivity contribution < 1.29 is 0 Å². The Morgan fingerprint density at radius 2 is 1.43 bits per heavy atom. The van der Waals surface area contributed by atoms with E-state index in [1.165, 1.54) is 12.8 Å². The number of hydrogen-bond donors (Lipinski definition) is 0. The van der Waals surface area contributed by atoms with Gasteiger partial charge in [0.25, 0.3) is 0 Å². The van der Waals surface area contributed by atoms with Gasteiger partial charge in [-0.3, -0.25) is 0 Å². The second-order valence-electron chi connectivity index (χ2n) is 1.68. The SMILES string of the molecule is C=C.CC1CC1.Cl. The summed E-state index contributed by atoms with van der Waals surface area (Å²) in [5, 5.41) is 0. The Bertz CT molecular complexity index is 31.2. The van der Waals surface area contributed by atoms with Crippen molar-refractivity contribution in [2.75, 3.05) is 0 Å². The van der Waals surface area contributed by atoms with Crippen LogP contribution < -0.4 is 0 Å². The van der Waals surface area contributed by atoms with Crippen LogP contribution >= 0.6 is 12.4 Å². The number of hydrogen-bond acceptors (Lipinski definition) is 0. The lowest BCUT2D eigenvalue weighted by Gasteiger charge is -1.53. The fourth-order valence-electron chi connectivity index (χ4n) is 0.167. The van der Waals surface area contributed by atoms with Crippen LogP contribution in [0.2, 0.25) is 0 Å². The van der Waals surface area contributed by atoms with Crippen LogP contribution in [-0.4, -0.2) is 0 Å². The minimum absolute atomic E-state index is 0. The van der Waals surface area contributed by atoms with Crippen molar-refractivity contribution in [3.05, 3.63) is 13.2 Å². The minimum atomic E-state index is 0. The summed E-state index contributed by atoms with van der Waals surface area (Å²) in [6.45, 7) is 8.28. The third kappa shape index (κ3) is 10.7. The molecule has 1 saturated carbocycles. The first-order valence-electron chi connectivity index (χ1n) is 2.39. The zero-order valence-corrected chi connectivity index (χ0v) is 5.63. The highest BCUT2D eigenvalue weighted by Gasteiger charge is 2.12. The Balaban J connectivity index is 0. The fourth-order valence-corrected chi connectivity index (χ4v) is 0.167. The third-order valence-electron chi connectivity index (χ3n) is 0.866. The predicted octanol–water partition coefficient (Wildman–Crippen LogP) is 2.64. The van der Waals surface area contributed by atoms with Crippen LogP contribution in [0.3, 0.4) is 0 Å². The second-order valence-corrected chi connectivity index (χ2v) is 1.68. The lowest BCUT2D eigenvalue weighted by Crippen LogP contribution is -1.42. The summed E-state index contributed by atoms with van der Waals surface area (Å²) in [6.07, 6.45) is 2.97. The average Bonchev–Trinajstić information content (AvgIpc) is 2.30. The van der Waals surface area contributed by atoms with Gasteiger partial charge in [0.15, 0.2) is 0 Å². The largest absolute Gasteiger partial charge is 0.147 e. The summed E-state index contributed by atoms with van der Waals surface area (Å²) < 4.78 is 0. The van der Waals surface area contributed by atoms with Gasteiger partial charge in [0.1, 0.15) is 0 Å². The highest BCUT2D eigenvalue weighted by Crippen LogP contribution is 2.26. The molecule has 7 heavy (non-hydrogen) atoms. The molecule has 0 saturated heterocycles. The average molecular weight is 121 g/mol. The minimum Gasteiger partial charge on any atom is -0.147 e. The van der Waals surface area contributed by atoms with Gasteiger partial charge in [0.2, 0.25) is 0 Å². The van der Waals surface area contributed by atoms with Crippen LogP contribution in [-0.2, 0) is 0 Å². The van der Waals surface area contributed by atoms with E-state index in [9.17, 15) is 0 Å². The maximum absolute atomic E-state index is 3.00. The quantitative estimate of drug-likeness (QED) is 0.431. The molecule has 0 aromatic rings. The first-order valence-corrected chi connectivity index (χ1v) is 2.39. The van der Waals surface area contributed by atoms with Gasteiger partial charge >= 0.3 is 0 Å². The highest BCUT2D eigenvalue weighted by molar-refractivity contribution is 5.85. The molecule has 1 aliphatic carbocycles. The highest BCUT2D eigenvalue weighted by atomic mass is 35.5. The molecule has 0 radical (unpaired) electrons. The molecular formula is C6H13Cl. The van der Waals surface area contributed by atoms with Gasteiger partial charge in [0, 0.05) is 0 Å². The van der Waals surface area contributed by atoms with Crippen molar-refractivity contribution >= 4 is 12.4 Å². The van der Waals surface area contributed by atoms with Gasteiger partial charge in [-0.15, -0.1) is 25.6 Å². The Morgan fingerprint density at radius 1 is 1.29 bits per heavy atom. The standard InChI is InChI=1S/C4H8.C2H4.ClH/c1-4-2-3-4;1-2;/h4H,2-3H2,1H3;1-2H2;1H. The van der Waals surface area contributed by atoms with Crippen molar-refractivity contribution in [1.29, 1.82) is 0 Å². The van der Waals surface area contributed by atoms with E-state index in [0.29, 0.717) is 0 Å². The molecule has 0 heterocycles. The van der Waals surface area contributed by atoms with E-state index >= 15 is 0 Å². The van der Waals surface area contributed by atoms with Crippen molar-refractivity contribution in [2.45, 2.75) is 19.8 Å². The molecule has 0 nitrogen and oxygen atoms in total. The molecule has 1 heteroatoms. The number of halogens is 1. The predicted molar refractivity (Wildman–Crippen MR) is 36.9 cm³/mol. The lowest BCUT2D eigenvalue weighted by atomic mass is 10.5. The van der Waals surface area contributed by atoms with Gasteiger partial charge in [-0.2, -0.15) is 0 Å². The second kappa shape index (κ2) is 6.03. The van der Waals surface area contributed by atoms with Gasteiger partial charge < -0.3 is 0 Å². The Hall–Kier alpha value is 0.0300. The molecule has 0 aromatic carbocycles. The lowest BCUT2D eigenvalue weighted by molar-refractivity contribution is 0.983. The smallest absolute Gasteiger partial charge is 0.0443 e. The van der Waals surface area contributed by atoms with E-state index in [2.05, 4.69) is 20.1 Å². The summed E-state index contributed by atoms with van der Waals surface area (Å²) in [6, 6.07) is 0. The van der Waals surface area contributed by atoms with Gasteiger partial charge in [0.05, 0.1) is 0 Å². The summed E-state index contributed by atoms with van der Waals surface area (Å²) in [7, 11) is 0. The van der Waals surface area contributed by atoms with Crippen LogP contribution in [0, 0.1) is 5.92 Å². The van der Waals surface area contributed by atoms with Crippen molar-refractivity contribution in [3.8, 4) is 0 Å². The molecule has 0 spiro atoms. The molecule has 0 aromatic heterocycles. The van der Waals surface area contributed by atoms with Crippen LogP contribution in [0.25, 0.3) is 0 Å². The molecule has 1 rings (SSSR count). The van der Waals surface area contributed by atoms with Crippen molar-refractivity contribution in [3.63, 3.8) is 0 Å². The molecule has 0 amide bonds. The normalized spacial score (nSPS) is 15.6. The molecule has 0 bridgehead atoms. The maximum atomic E-state index is 3.00. The fraction of sp³-hybridized carbons (Fsp3) is 0.667. The molecule has 1 aliphatic rings. The molecular weight excluding hydrogens is 108 g/mol. The van der Waals surface area contributed by atoms with Gasteiger partial charge in [-0.25, -0.2) is 0 Å². The van der Waals surface area contributed by atoms with E-state index in [4.69, 9.17) is 0 Å². The van der Waals surface area contributed by atoms with Crippen molar-refractivity contribution in [2.24, 2.45) is 5.92 Å². The van der Waals surface area contributed by atoms with Crippen molar-refractivity contribution in [1.82, 2.24) is 0 Å². The third-order valence-corrected chi connectivity index (χ3v) is 0.866. The van der Waals surface area contributed by atoms with Crippen LogP contribution in [0.1, 0.15) is 19.8 Å². The van der Waals surface area contributed by atoms with E-state index < -0.39 is 0 Å². The Morgan fingerprint density at radius 3 is 1.43 bits per heavy atom. The van der Waals surface area contributed by atoms with E-state index in [0.717, 1.165) is 5.92 Å². The Kier molecular flexibility index (Phi) is 8.70. The zero-order valence-electron chi connectivity index (χ0n) is 4.81. The first-order chi connectivity index (χ1) is 2.89. The van der Waals surface area contributed by atoms with Gasteiger partial charge in [-0.05, 0) is 5.92 Å². The summed E-state index contributed by atoms with van der Waals surface area (Å²) in [4.78, 5) is 0. The van der Waals surface area contributed by atoms with Crippen LogP contribution in [0.5, 0.6) is 0 Å². The zero-order chi connectivity index (χ0) is 4.99. The summed E-state index contributed by atoms with van der Waals surface area (Å²) in [5.41, 5.74) is 0. The first kappa shape index (κ1) is 10.1. The van der Waals surface area contributed by atoms with Crippen LogP contribution in [0.4, 0.5) is 0 Å². The van der Waals surface area contributed by atoms with E-state index in [1.54, 1.807) is 0 Å². The molecule has 0 aliphatic heterocycles. The summed E-state index contributed by atoms with van der Waals surface area (Å²) >= 11 is 0. The van der Waals surface area contributed by atoms with Gasteiger partial charge in [-0.1, -0.05) is 19.8 Å². The van der Waals surface area contributed by atoms with E-state index in [1.807, 2.05) is 0 Å². The monoisotopic (exact) mass is 120 g/mol. The Labute approximate surface area is 52.0 Å². The van der Waals surface area contributed by atoms with Crippen LogP contribution in [0.15, 0.2) is 13.2 Å². The molecule has 0 atom stereocenters. The molecule has 1 fully saturated rings. The number of rotatable bonds is 0. The maximum Gasteiger partial charge on any atom is -0.0443 e. The topological polar surface area (TPSA) is 0 Å². The molecule has 44 valence electrons. The van der Waals surface area contributed by atoms with E-state index in [-0.39, 0.29) is 12.4 Å². The molecule has 0 unspecified atom stereocenters. The summed E-state index contributed by atoms with van der Waals surface area (Å²) in [5.74, 6) is 1.08.